The number of hydrogen-bond donors (Lipinski definition) is 0. The van der Waals surface area contributed by atoms with Crippen LogP contribution < -0.4 is 10.3 Å². The Labute approximate surface area is 157 Å². The highest BCUT2D eigenvalue weighted by molar-refractivity contribution is 6.60. The number of benzene rings is 2. The number of rotatable bonds is 6. The predicted octanol–water partition coefficient (Wildman–Crippen LogP) is 3.16. The maximum Gasteiger partial charge on any atom is 0.271 e. The highest BCUT2D eigenvalue weighted by Gasteiger charge is 2.23. The summed E-state index contributed by atoms with van der Waals surface area (Å²) in [6.07, 6.45) is 1.77. The average molecular weight is 364 g/mol. The summed E-state index contributed by atoms with van der Waals surface area (Å²) in [6, 6.07) is 16.9. The summed E-state index contributed by atoms with van der Waals surface area (Å²) in [5.41, 5.74) is 1.12. The largest absolute Gasteiger partial charge is 0.297 e. The van der Waals surface area contributed by atoms with E-state index in [0.29, 0.717) is 16.9 Å². The Balaban J connectivity index is 2.12. The molecule has 2 radical (unpaired) electrons. The van der Waals surface area contributed by atoms with E-state index < -0.39 is 11.9 Å². The molecule has 1 unspecified atom stereocenters. The highest BCUT2D eigenvalue weighted by atomic mass is 19.3. The number of hydrogen-bond acceptors (Lipinski definition) is 1. The molecule has 0 aliphatic rings. The summed E-state index contributed by atoms with van der Waals surface area (Å²) < 4.78 is 31.7. The normalized spacial score (nSPS) is 11.9. The van der Waals surface area contributed by atoms with E-state index >= 15 is 0 Å². The molecule has 3 rings (SSSR count). The van der Waals surface area contributed by atoms with E-state index in [1.165, 1.54) is 0 Å². The summed E-state index contributed by atoms with van der Waals surface area (Å²) in [5, 5.41) is 0. The second-order valence-electron chi connectivity index (χ2n) is 6.29. The zero-order valence-electron chi connectivity index (χ0n) is 15.1. The summed E-state index contributed by atoms with van der Waals surface area (Å²) >= 11 is 0. The molecule has 0 spiro atoms. The first-order chi connectivity index (χ1) is 13.0. The van der Waals surface area contributed by atoms with Crippen molar-refractivity contribution in [1.82, 2.24) is 4.57 Å². The molecule has 0 amide bonds. The number of carbonyl (C=O) groups is 1. The number of halogens is 2. The number of aromatic nitrogens is 2. The quantitative estimate of drug-likeness (QED) is 0.375. The fourth-order valence-corrected chi connectivity index (χ4v) is 3.08. The third-order valence-corrected chi connectivity index (χ3v) is 4.49. The van der Waals surface area contributed by atoms with Crippen molar-refractivity contribution in [3.63, 3.8) is 0 Å². The number of Topliss-reactive ketones (excluding diaryl/α,β-unsaturated/α-hetero) is 1. The lowest BCUT2D eigenvalue weighted by molar-refractivity contribution is -0.653. The van der Waals surface area contributed by atoms with Gasteiger partial charge >= 0.3 is 0 Å². The monoisotopic (exact) mass is 364 g/mol. The Kier molecular flexibility index (Phi) is 5.64. The molecule has 1 heterocycles. The number of nitrogens with zero attached hydrogens (tertiary/aromatic N) is 2. The Bertz CT molecular complexity index is 945. The zero-order chi connectivity index (χ0) is 19.4. The maximum absolute atomic E-state index is 14.0. The minimum atomic E-state index is -1.86. The summed E-state index contributed by atoms with van der Waals surface area (Å²) in [7, 11) is 5.22. The fourth-order valence-electron chi connectivity index (χ4n) is 3.08. The van der Waals surface area contributed by atoms with Gasteiger partial charge in [0.05, 0.1) is 14.1 Å². The Hall–Kier alpha value is -3.02. The van der Waals surface area contributed by atoms with Crippen LogP contribution in [0.1, 0.15) is 15.9 Å². The van der Waals surface area contributed by atoms with Crippen LogP contribution in [0.2, 0.25) is 5.82 Å². The molecule has 0 aliphatic carbocycles. The third kappa shape index (κ3) is 4.05. The molecule has 1 aromatic heterocycles. The van der Waals surface area contributed by atoms with Crippen LogP contribution in [-0.2, 0) is 14.1 Å². The maximum atomic E-state index is 14.0. The lowest BCUT2D eigenvalue weighted by Crippen LogP contribution is -2.51. The Morgan fingerprint density at radius 2 is 1.56 bits per heavy atom. The van der Waals surface area contributed by atoms with Gasteiger partial charge in [-0.25, -0.2) is 0 Å². The van der Waals surface area contributed by atoms with E-state index in [-0.39, 0.29) is 11.4 Å². The lowest BCUT2D eigenvalue weighted by Gasteiger charge is -2.28. The van der Waals surface area contributed by atoms with Crippen LogP contribution in [0.25, 0.3) is 5.57 Å². The second kappa shape index (κ2) is 8.12. The lowest BCUT2D eigenvalue weighted by atomic mass is 9.57. The molecule has 1 atom stereocenters. The number of ketones is 1. The first-order valence-electron chi connectivity index (χ1n) is 8.54. The van der Waals surface area contributed by atoms with Crippen molar-refractivity contribution < 1.29 is 18.1 Å². The molecule has 27 heavy (non-hydrogen) atoms. The molecule has 136 valence electrons. The average Bonchev–Trinajstić information content (AvgIpc) is 3.00. The van der Waals surface area contributed by atoms with E-state index in [1.807, 2.05) is 26.5 Å². The van der Waals surface area contributed by atoms with Gasteiger partial charge in [0, 0.05) is 11.3 Å². The molecule has 0 fully saturated rings. The van der Waals surface area contributed by atoms with Gasteiger partial charge in [0.1, 0.15) is 18.2 Å². The van der Waals surface area contributed by atoms with E-state index in [2.05, 4.69) is 0 Å². The van der Waals surface area contributed by atoms with Crippen molar-refractivity contribution in [2.75, 3.05) is 0 Å². The van der Waals surface area contributed by atoms with Crippen molar-refractivity contribution in [3.8, 4) is 0 Å². The van der Waals surface area contributed by atoms with Crippen molar-refractivity contribution in [2.24, 2.45) is 14.1 Å². The molecule has 2 aromatic carbocycles. The van der Waals surface area contributed by atoms with Crippen LogP contribution >= 0.6 is 0 Å². The molecular formula is C21H19BF2N2O. The summed E-state index contributed by atoms with van der Waals surface area (Å²) in [5.74, 6) is -1.48. The standard InChI is InChI=1S/C21H19BF2N2O/c1-25-13-14-26(2)21(25)22-18(19(27)16-11-7-4-8-12-16)17(20(23)24)15-9-5-3-6-10-15/h3-14,18H,1-2H3. The van der Waals surface area contributed by atoms with Gasteiger partial charge < -0.3 is 0 Å². The van der Waals surface area contributed by atoms with Gasteiger partial charge in [0.2, 0.25) is 0 Å². The third-order valence-electron chi connectivity index (χ3n) is 4.49. The molecular weight excluding hydrogens is 345 g/mol. The second-order valence-corrected chi connectivity index (χ2v) is 6.29. The number of aryl methyl sites for hydroxylation is 2. The van der Waals surface area contributed by atoms with Gasteiger partial charge in [-0.3, -0.25) is 13.9 Å². The molecule has 0 aliphatic heterocycles. The van der Waals surface area contributed by atoms with Gasteiger partial charge in [-0.05, 0) is 11.1 Å². The SMILES string of the molecule is Cn1cc[n+](C)c1[B-]C(C(=O)c1ccccc1)C(=C(F)F)c1ccccc1. The van der Waals surface area contributed by atoms with Gasteiger partial charge in [-0.15, -0.1) is 5.82 Å². The summed E-state index contributed by atoms with van der Waals surface area (Å²) in [4.78, 5) is 13.2. The minimum Gasteiger partial charge on any atom is -0.297 e. The van der Waals surface area contributed by atoms with E-state index in [1.54, 1.807) is 77.1 Å². The van der Waals surface area contributed by atoms with Crippen LogP contribution in [0, 0.1) is 0 Å². The molecule has 0 bridgehead atoms. The molecule has 3 nitrogen and oxygen atoms in total. The zero-order valence-corrected chi connectivity index (χ0v) is 15.1. The van der Waals surface area contributed by atoms with Crippen LogP contribution in [0.5, 0.6) is 0 Å². The molecule has 0 saturated heterocycles. The minimum absolute atomic E-state index is 0.273. The van der Waals surface area contributed by atoms with Gasteiger partial charge in [-0.2, -0.15) is 16.1 Å². The van der Waals surface area contributed by atoms with Crippen molar-refractivity contribution in [3.05, 3.63) is 90.3 Å². The van der Waals surface area contributed by atoms with Crippen LogP contribution in [0.15, 0.2) is 79.1 Å². The van der Waals surface area contributed by atoms with E-state index in [4.69, 9.17) is 0 Å². The van der Waals surface area contributed by atoms with Crippen molar-refractivity contribution in [1.29, 1.82) is 0 Å². The van der Waals surface area contributed by atoms with Gasteiger partial charge in [0.15, 0.2) is 0 Å². The van der Waals surface area contributed by atoms with E-state index in [0.717, 1.165) is 0 Å². The topological polar surface area (TPSA) is 25.9 Å². The van der Waals surface area contributed by atoms with Crippen LogP contribution in [0.3, 0.4) is 0 Å². The van der Waals surface area contributed by atoms with Gasteiger partial charge in [0.25, 0.3) is 6.08 Å². The smallest absolute Gasteiger partial charge is 0.271 e. The Morgan fingerprint density at radius 3 is 2.04 bits per heavy atom. The first kappa shape index (κ1) is 18.8. The number of carbonyl (C=O) groups excluding carboxylic acids is 1. The number of imidazole rings is 1. The van der Waals surface area contributed by atoms with Crippen molar-refractivity contribution in [2.45, 2.75) is 5.82 Å². The molecule has 3 aromatic rings. The molecule has 0 saturated carbocycles. The highest BCUT2D eigenvalue weighted by Crippen LogP contribution is 2.34. The molecule has 6 heteroatoms. The van der Waals surface area contributed by atoms with Crippen LogP contribution in [0.4, 0.5) is 8.78 Å². The van der Waals surface area contributed by atoms with E-state index in [9.17, 15) is 13.6 Å². The molecule has 0 N–H and O–H groups in total. The van der Waals surface area contributed by atoms with Crippen LogP contribution in [-0.4, -0.2) is 17.6 Å². The van der Waals surface area contributed by atoms with Gasteiger partial charge in [-0.1, -0.05) is 60.7 Å². The van der Waals surface area contributed by atoms with Crippen molar-refractivity contribution >= 4 is 24.4 Å². The first-order valence-corrected chi connectivity index (χ1v) is 8.54. The Morgan fingerprint density at radius 1 is 1.00 bits per heavy atom. The fraction of sp³-hybridized carbons (Fsp3) is 0.143. The number of allylic oxidation sites excluding steroid dienone is 1. The summed E-state index contributed by atoms with van der Waals surface area (Å²) in [6.45, 7) is 0. The predicted molar refractivity (Wildman–Crippen MR) is 102 cm³/mol.